The Labute approximate surface area is 130 Å². The molecule has 2 rings (SSSR count). The van der Waals surface area contributed by atoms with Crippen molar-refractivity contribution in [1.29, 1.82) is 0 Å². The number of nitrogens with one attached hydrogen (secondary N) is 1. The van der Waals surface area contributed by atoms with Crippen molar-refractivity contribution in [1.82, 2.24) is 10.2 Å². The van der Waals surface area contributed by atoms with E-state index in [-0.39, 0.29) is 0 Å². The van der Waals surface area contributed by atoms with Crippen molar-refractivity contribution < 1.29 is 0 Å². The van der Waals surface area contributed by atoms with E-state index >= 15 is 0 Å². The van der Waals surface area contributed by atoms with E-state index in [4.69, 9.17) is 0 Å². The molecule has 0 amide bonds. The van der Waals surface area contributed by atoms with Crippen molar-refractivity contribution in [2.75, 3.05) is 14.1 Å². The summed E-state index contributed by atoms with van der Waals surface area (Å²) in [6, 6.07) is 6.61. The van der Waals surface area contributed by atoms with Crippen LogP contribution in [0.25, 0.3) is 0 Å². The molecule has 1 aliphatic carbocycles. The Morgan fingerprint density at radius 3 is 2.05 bits per heavy atom. The second-order valence-corrected chi connectivity index (χ2v) is 6.95. The van der Waals surface area contributed by atoms with Crippen LogP contribution in [0.1, 0.15) is 60.9 Å². The van der Waals surface area contributed by atoms with Gasteiger partial charge in [-0.05, 0) is 84.2 Å². The lowest BCUT2D eigenvalue weighted by atomic mass is 9.88. The Balaban J connectivity index is 2.11. The van der Waals surface area contributed by atoms with E-state index in [1.807, 2.05) is 0 Å². The van der Waals surface area contributed by atoms with Crippen LogP contribution in [0.2, 0.25) is 0 Å². The maximum absolute atomic E-state index is 3.43. The van der Waals surface area contributed by atoms with Crippen LogP contribution >= 0.6 is 0 Å². The largest absolute Gasteiger partial charge is 0.317 e. The van der Waals surface area contributed by atoms with Gasteiger partial charge in [0.15, 0.2) is 0 Å². The first-order valence-electron chi connectivity index (χ1n) is 8.41. The fraction of sp³-hybridized carbons (Fsp3) is 0.684. The number of hydrogen-bond donors (Lipinski definition) is 1. The van der Waals surface area contributed by atoms with Crippen LogP contribution in [0.5, 0.6) is 0 Å². The predicted octanol–water partition coefficient (Wildman–Crippen LogP) is 4.14. The summed E-state index contributed by atoms with van der Waals surface area (Å²) >= 11 is 0. The number of rotatable bonds is 4. The average molecular weight is 288 g/mol. The minimum Gasteiger partial charge on any atom is -0.317 e. The molecule has 21 heavy (non-hydrogen) atoms. The molecule has 1 saturated carbocycles. The van der Waals surface area contributed by atoms with E-state index in [0.717, 1.165) is 12.1 Å². The molecule has 118 valence electrons. The molecule has 1 unspecified atom stereocenters. The highest BCUT2D eigenvalue weighted by Gasteiger charge is 2.27. The van der Waals surface area contributed by atoms with Crippen LogP contribution < -0.4 is 5.32 Å². The molecule has 0 radical (unpaired) electrons. The lowest BCUT2D eigenvalue weighted by Gasteiger charge is -2.39. The van der Waals surface area contributed by atoms with E-state index < -0.39 is 0 Å². The van der Waals surface area contributed by atoms with Crippen LogP contribution in [-0.2, 0) is 0 Å². The summed E-state index contributed by atoms with van der Waals surface area (Å²) < 4.78 is 0. The summed E-state index contributed by atoms with van der Waals surface area (Å²) in [6.07, 6.45) is 5.25. The maximum Gasteiger partial charge on any atom is 0.0325 e. The van der Waals surface area contributed by atoms with Gasteiger partial charge in [0.2, 0.25) is 0 Å². The number of aryl methyl sites for hydroxylation is 3. The zero-order chi connectivity index (χ0) is 15.6. The fourth-order valence-corrected chi connectivity index (χ4v) is 4.14. The maximum atomic E-state index is 3.43. The highest BCUT2D eigenvalue weighted by Crippen LogP contribution is 2.32. The van der Waals surface area contributed by atoms with E-state index in [1.54, 1.807) is 0 Å². The lowest BCUT2D eigenvalue weighted by molar-refractivity contribution is 0.135. The van der Waals surface area contributed by atoms with Gasteiger partial charge in [-0.1, -0.05) is 17.7 Å². The van der Waals surface area contributed by atoms with E-state index in [9.17, 15) is 0 Å². The Morgan fingerprint density at radius 1 is 1.05 bits per heavy atom. The first-order chi connectivity index (χ1) is 9.93. The van der Waals surface area contributed by atoms with E-state index in [0.29, 0.717) is 6.04 Å². The molecule has 1 N–H and O–H groups in total. The van der Waals surface area contributed by atoms with Crippen molar-refractivity contribution in [2.24, 2.45) is 0 Å². The molecule has 1 aliphatic rings. The summed E-state index contributed by atoms with van der Waals surface area (Å²) in [5, 5.41) is 3.43. The Hall–Kier alpha value is -0.860. The average Bonchev–Trinajstić information content (AvgIpc) is 2.45. The van der Waals surface area contributed by atoms with Crippen LogP contribution in [0.4, 0.5) is 0 Å². The second kappa shape index (κ2) is 6.93. The van der Waals surface area contributed by atoms with Crippen molar-refractivity contribution in [3.63, 3.8) is 0 Å². The number of nitrogens with zero attached hydrogens (tertiary/aromatic N) is 1. The molecule has 0 spiro atoms. The van der Waals surface area contributed by atoms with Crippen LogP contribution in [0, 0.1) is 20.8 Å². The van der Waals surface area contributed by atoms with Gasteiger partial charge in [0.1, 0.15) is 0 Å². The predicted molar refractivity (Wildman–Crippen MR) is 91.9 cm³/mol. The normalized spacial score (nSPS) is 24.3. The number of hydrogen-bond acceptors (Lipinski definition) is 2. The highest BCUT2D eigenvalue weighted by atomic mass is 15.2. The summed E-state index contributed by atoms with van der Waals surface area (Å²) in [6.45, 7) is 9.08. The van der Waals surface area contributed by atoms with Gasteiger partial charge >= 0.3 is 0 Å². The smallest absolute Gasteiger partial charge is 0.0325 e. The van der Waals surface area contributed by atoms with Gasteiger partial charge in [0, 0.05) is 18.1 Å². The van der Waals surface area contributed by atoms with E-state index in [1.165, 1.54) is 47.9 Å². The SMILES string of the molecule is CNC1CCC(N(C)C(C)c2c(C)cc(C)cc2C)CC1. The fourth-order valence-electron chi connectivity index (χ4n) is 4.14. The summed E-state index contributed by atoms with van der Waals surface area (Å²) in [5.41, 5.74) is 5.78. The standard InChI is InChI=1S/C19H32N2/c1-13-11-14(2)19(15(3)12-13)16(4)21(6)18-9-7-17(20-5)8-10-18/h11-12,16-18,20H,7-10H2,1-6H3. The van der Waals surface area contributed by atoms with Gasteiger partial charge in [0.05, 0.1) is 0 Å². The molecule has 0 aromatic heterocycles. The van der Waals surface area contributed by atoms with Gasteiger partial charge < -0.3 is 5.32 Å². The van der Waals surface area contributed by atoms with Gasteiger partial charge in [-0.15, -0.1) is 0 Å². The molecule has 0 bridgehead atoms. The molecule has 0 saturated heterocycles. The molecule has 1 aromatic rings. The van der Waals surface area contributed by atoms with Crippen LogP contribution in [-0.4, -0.2) is 31.1 Å². The molecule has 1 fully saturated rings. The summed E-state index contributed by atoms with van der Waals surface area (Å²) in [5.74, 6) is 0. The first-order valence-corrected chi connectivity index (χ1v) is 8.41. The van der Waals surface area contributed by atoms with Crippen molar-refractivity contribution >= 4 is 0 Å². The van der Waals surface area contributed by atoms with Crippen LogP contribution in [0.15, 0.2) is 12.1 Å². The first kappa shape index (κ1) is 16.5. The molecule has 0 heterocycles. The van der Waals surface area contributed by atoms with Gasteiger partial charge in [-0.3, -0.25) is 4.90 Å². The molecule has 0 aliphatic heterocycles. The third-order valence-electron chi connectivity index (χ3n) is 5.45. The van der Waals surface area contributed by atoms with Crippen LogP contribution in [0.3, 0.4) is 0 Å². The van der Waals surface area contributed by atoms with E-state index in [2.05, 4.69) is 64.1 Å². The minimum absolute atomic E-state index is 0.502. The summed E-state index contributed by atoms with van der Waals surface area (Å²) in [4.78, 5) is 2.61. The summed E-state index contributed by atoms with van der Waals surface area (Å²) in [7, 11) is 4.41. The second-order valence-electron chi connectivity index (χ2n) is 6.95. The Bertz CT molecular complexity index is 449. The van der Waals surface area contributed by atoms with Crippen molar-refractivity contribution in [3.05, 3.63) is 34.4 Å². The Morgan fingerprint density at radius 2 is 1.57 bits per heavy atom. The monoisotopic (exact) mass is 288 g/mol. The highest BCUT2D eigenvalue weighted by molar-refractivity contribution is 5.39. The Kier molecular flexibility index (Phi) is 5.45. The number of benzene rings is 1. The van der Waals surface area contributed by atoms with Gasteiger partial charge in [-0.2, -0.15) is 0 Å². The van der Waals surface area contributed by atoms with Crippen molar-refractivity contribution in [2.45, 2.75) is 71.5 Å². The van der Waals surface area contributed by atoms with Crippen molar-refractivity contribution in [3.8, 4) is 0 Å². The minimum atomic E-state index is 0.502. The molecule has 1 atom stereocenters. The zero-order valence-corrected chi connectivity index (χ0v) is 14.7. The van der Waals surface area contributed by atoms with Gasteiger partial charge in [0.25, 0.3) is 0 Å². The van der Waals surface area contributed by atoms with Gasteiger partial charge in [-0.25, -0.2) is 0 Å². The molecule has 1 aromatic carbocycles. The topological polar surface area (TPSA) is 15.3 Å². The zero-order valence-electron chi connectivity index (χ0n) is 14.7. The quantitative estimate of drug-likeness (QED) is 0.896. The molecular formula is C19H32N2. The lowest BCUT2D eigenvalue weighted by Crippen LogP contribution is -2.41. The third-order valence-corrected chi connectivity index (χ3v) is 5.45. The third kappa shape index (κ3) is 3.67. The molecule has 2 nitrogen and oxygen atoms in total. The molecular weight excluding hydrogens is 256 g/mol. The molecule has 2 heteroatoms.